The summed E-state index contributed by atoms with van der Waals surface area (Å²) in [7, 11) is 5.21. The van der Waals surface area contributed by atoms with Crippen molar-refractivity contribution in [3.63, 3.8) is 0 Å². The molecule has 0 unspecified atom stereocenters. The Labute approximate surface area is 163 Å². The molecule has 1 amide bonds. The lowest BCUT2D eigenvalue weighted by Crippen LogP contribution is -2.27. The van der Waals surface area contributed by atoms with E-state index < -0.39 is 0 Å². The van der Waals surface area contributed by atoms with Crippen LogP contribution in [0.3, 0.4) is 0 Å². The number of amides is 1. The molecule has 7 nitrogen and oxygen atoms in total. The molecule has 1 N–H and O–H groups in total. The van der Waals surface area contributed by atoms with Gasteiger partial charge in [0.05, 0.1) is 12.8 Å². The Morgan fingerprint density at radius 3 is 2.57 bits per heavy atom. The van der Waals surface area contributed by atoms with Gasteiger partial charge in [-0.15, -0.1) is 0 Å². The highest BCUT2D eigenvalue weighted by Gasteiger charge is 2.17. The van der Waals surface area contributed by atoms with Crippen LogP contribution in [0, 0.1) is 13.8 Å². The van der Waals surface area contributed by atoms with E-state index >= 15 is 0 Å². The summed E-state index contributed by atoms with van der Waals surface area (Å²) < 4.78 is 6.83. The topological polar surface area (TPSA) is 80.2 Å². The number of ether oxygens (including phenoxy) is 1. The second kappa shape index (κ2) is 7.88. The van der Waals surface area contributed by atoms with Crippen molar-refractivity contribution in [3.05, 3.63) is 57.0 Å². The third kappa shape index (κ3) is 3.78. The Morgan fingerprint density at radius 2 is 1.93 bits per heavy atom. The number of nitrogens with zero attached hydrogens (tertiary/aromatic N) is 3. The Bertz CT molecular complexity index is 1060. The maximum atomic E-state index is 12.6. The second-order valence-electron chi connectivity index (χ2n) is 7.09. The van der Waals surface area contributed by atoms with Gasteiger partial charge in [0.2, 0.25) is 5.91 Å². The average molecular weight is 382 g/mol. The molecule has 3 rings (SSSR count). The van der Waals surface area contributed by atoms with Crippen molar-refractivity contribution in [2.75, 3.05) is 14.2 Å². The molecule has 2 heterocycles. The van der Waals surface area contributed by atoms with Crippen LogP contribution in [0.1, 0.15) is 28.8 Å². The van der Waals surface area contributed by atoms with Crippen LogP contribution in [-0.2, 0) is 24.8 Å². The Hall–Kier alpha value is -3.09. The van der Waals surface area contributed by atoms with Crippen LogP contribution in [0.5, 0.6) is 5.75 Å². The van der Waals surface area contributed by atoms with E-state index in [0.29, 0.717) is 24.2 Å². The predicted molar refractivity (Wildman–Crippen MR) is 109 cm³/mol. The first-order valence-electron chi connectivity index (χ1n) is 9.23. The lowest BCUT2D eigenvalue weighted by atomic mass is 10.0. The summed E-state index contributed by atoms with van der Waals surface area (Å²) in [5.74, 6) is 0.783. The van der Waals surface area contributed by atoms with Crippen molar-refractivity contribution >= 4 is 16.9 Å². The van der Waals surface area contributed by atoms with E-state index in [-0.39, 0.29) is 17.9 Å². The Balaban J connectivity index is 1.71. The smallest absolute Gasteiger partial charge is 0.253 e. The first-order chi connectivity index (χ1) is 13.3. The summed E-state index contributed by atoms with van der Waals surface area (Å²) in [4.78, 5) is 29.7. The molecule has 28 heavy (non-hydrogen) atoms. The highest BCUT2D eigenvalue weighted by Crippen LogP contribution is 2.21. The van der Waals surface area contributed by atoms with Crippen molar-refractivity contribution in [3.8, 4) is 5.75 Å². The molecule has 2 aromatic heterocycles. The van der Waals surface area contributed by atoms with Crippen molar-refractivity contribution in [1.29, 1.82) is 0 Å². The number of aryl methyl sites for hydroxylation is 3. The van der Waals surface area contributed by atoms with E-state index in [2.05, 4.69) is 10.1 Å². The summed E-state index contributed by atoms with van der Waals surface area (Å²) in [6.07, 6.45) is 0.679. The van der Waals surface area contributed by atoms with Crippen LogP contribution in [0.15, 0.2) is 29.1 Å². The van der Waals surface area contributed by atoms with Crippen molar-refractivity contribution in [1.82, 2.24) is 19.7 Å². The number of methoxy groups -OCH3 is 1. The third-order valence-electron chi connectivity index (χ3n) is 5.15. The number of carbonyl (C=O) groups excluding carboxylic acids is 1. The van der Waals surface area contributed by atoms with Crippen LogP contribution >= 0.6 is 0 Å². The van der Waals surface area contributed by atoms with E-state index in [0.717, 1.165) is 28.0 Å². The third-order valence-corrected chi connectivity index (χ3v) is 5.15. The zero-order valence-electron chi connectivity index (χ0n) is 17.0. The molecule has 0 spiro atoms. The lowest BCUT2D eigenvalue weighted by molar-refractivity contribution is -0.130. The number of hydrogen-bond donors (Lipinski definition) is 1. The standard InChI is InChI=1S/C21H26N4O3/c1-13-17(21(27)22-20-19(13)14(2)23-25(20)4)10-11-18(26)24(3)12-15-6-8-16(28-5)9-7-15/h6-9H,10-12H2,1-5H3,(H,22,27). The number of pyridine rings is 1. The van der Waals surface area contributed by atoms with Crippen molar-refractivity contribution in [2.24, 2.45) is 7.05 Å². The molecule has 0 aliphatic rings. The van der Waals surface area contributed by atoms with Gasteiger partial charge in [-0.25, -0.2) is 0 Å². The van der Waals surface area contributed by atoms with Gasteiger partial charge in [-0.1, -0.05) is 12.1 Å². The molecule has 0 saturated heterocycles. The van der Waals surface area contributed by atoms with Crippen LogP contribution in [-0.4, -0.2) is 39.7 Å². The Kier molecular flexibility index (Phi) is 5.53. The van der Waals surface area contributed by atoms with Gasteiger partial charge in [-0.05, 0) is 43.5 Å². The fourth-order valence-corrected chi connectivity index (χ4v) is 3.57. The zero-order chi connectivity index (χ0) is 20.4. The summed E-state index contributed by atoms with van der Waals surface area (Å²) in [6, 6.07) is 7.64. The molecule has 0 fully saturated rings. The number of fused-ring (bicyclic) bond motifs is 1. The van der Waals surface area contributed by atoms with Crippen LogP contribution < -0.4 is 10.3 Å². The van der Waals surface area contributed by atoms with E-state index in [4.69, 9.17) is 4.74 Å². The van der Waals surface area contributed by atoms with E-state index in [9.17, 15) is 9.59 Å². The molecule has 0 radical (unpaired) electrons. The number of nitrogens with one attached hydrogen (secondary N) is 1. The molecule has 1 aromatic carbocycles. The van der Waals surface area contributed by atoms with Gasteiger partial charge < -0.3 is 14.6 Å². The van der Waals surface area contributed by atoms with Crippen LogP contribution in [0.25, 0.3) is 11.0 Å². The SMILES string of the molecule is COc1ccc(CN(C)C(=O)CCc2c(C)c3c(C)nn(C)c3[nH]c2=O)cc1. The summed E-state index contributed by atoms with van der Waals surface area (Å²) >= 11 is 0. The summed E-state index contributed by atoms with van der Waals surface area (Å²) in [5, 5.41) is 5.33. The molecule has 0 aliphatic carbocycles. The Morgan fingerprint density at radius 1 is 1.25 bits per heavy atom. The normalized spacial score (nSPS) is 11.0. The van der Waals surface area contributed by atoms with Crippen LogP contribution in [0.4, 0.5) is 0 Å². The monoisotopic (exact) mass is 382 g/mol. The number of rotatable bonds is 6. The fraction of sp³-hybridized carbons (Fsp3) is 0.381. The van der Waals surface area contributed by atoms with Gasteiger partial charge in [0.15, 0.2) is 0 Å². The van der Waals surface area contributed by atoms with E-state index in [1.807, 2.05) is 45.2 Å². The minimum Gasteiger partial charge on any atom is -0.497 e. The van der Waals surface area contributed by atoms with Gasteiger partial charge in [-0.3, -0.25) is 14.3 Å². The van der Waals surface area contributed by atoms with Gasteiger partial charge in [0.1, 0.15) is 11.4 Å². The molecular weight excluding hydrogens is 356 g/mol. The number of carbonyl (C=O) groups is 1. The summed E-state index contributed by atoms with van der Waals surface area (Å²) in [5.41, 5.74) is 4.00. The zero-order valence-corrected chi connectivity index (χ0v) is 17.0. The minimum atomic E-state index is -0.154. The number of hydrogen-bond acceptors (Lipinski definition) is 4. The lowest BCUT2D eigenvalue weighted by Gasteiger charge is -2.18. The number of benzene rings is 1. The largest absolute Gasteiger partial charge is 0.497 e. The van der Waals surface area contributed by atoms with Crippen molar-refractivity contribution in [2.45, 2.75) is 33.2 Å². The quantitative estimate of drug-likeness (QED) is 0.710. The van der Waals surface area contributed by atoms with E-state index in [1.54, 1.807) is 23.7 Å². The fourth-order valence-electron chi connectivity index (χ4n) is 3.57. The second-order valence-corrected chi connectivity index (χ2v) is 7.09. The highest BCUT2D eigenvalue weighted by molar-refractivity contribution is 5.83. The molecule has 0 saturated carbocycles. The number of aromatic nitrogens is 3. The molecular formula is C21H26N4O3. The maximum Gasteiger partial charge on any atom is 0.253 e. The molecule has 0 aliphatic heterocycles. The van der Waals surface area contributed by atoms with E-state index in [1.165, 1.54) is 0 Å². The molecule has 3 aromatic rings. The molecule has 0 bridgehead atoms. The average Bonchev–Trinajstić information content (AvgIpc) is 2.95. The number of aromatic amines is 1. The predicted octanol–water partition coefficient (Wildman–Crippen LogP) is 2.48. The molecule has 148 valence electrons. The molecule has 7 heteroatoms. The van der Waals surface area contributed by atoms with Crippen LogP contribution in [0.2, 0.25) is 0 Å². The minimum absolute atomic E-state index is 0.00220. The highest BCUT2D eigenvalue weighted by atomic mass is 16.5. The molecule has 0 atom stereocenters. The van der Waals surface area contributed by atoms with Gasteiger partial charge in [0, 0.05) is 38.0 Å². The van der Waals surface area contributed by atoms with Gasteiger partial charge in [0.25, 0.3) is 5.56 Å². The summed E-state index contributed by atoms with van der Waals surface area (Å²) in [6.45, 7) is 4.36. The van der Waals surface area contributed by atoms with Gasteiger partial charge in [-0.2, -0.15) is 5.10 Å². The first-order valence-corrected chi connectivity index (χ1v) is 9.23. The van der Waals surface area contributed by atoms with Crippen molar-refractivity contribution < 1.29 is 9.53 Å². The maximum absolute atomic E-state index is 12.6. The first kappa shape index (κ1) is 19.7. The number of H-pyrrole nitrogens is 1. The van der Waals surface area contributed by atoms with Gasteiger partial charge >= 0.3 is 0 Å².